The van der Waals surface area contributed by atoms with Gasteiger partial charge in [0, 0.05) is 49.1 Å². The molecule has 0 saturated carbocycles. The average Bonchev–Trinajstić information content (AvgIpc) is 2.97. The quantitative estimate of drug-likeness (QED) is 0.696. The van der Waals surface area contributed by atoms with Crippen molar-refractivity contribution in [2.45, 2.75) is 13.1 Å². The fourth-order valence-corrected chi connectivity index (χ4v) is 3.19. The standard InChI is InChI=1S/C7H13NO.C7H9NO/c2*1-8-2-6-4-9-5-7(6)3-8/h6-7H,2-5H2,1H3;4-5H,2-3H2,1H3. The van der Waals surface area contributed by atoms with Gasteiger partial charge >= 0.3 is 0 Å². The maximum absolute atomic E-state index is 5.33. The number of hydrogen-bond acceptors (Lipinski definition) is 4. The lowest BCUT2D eigenvalue weighted by Crippen LogP contribution is -2.16. The molecule has 1 aromatic rings. The van der Waals surface area contributed by atoms with Gasteiger partial charge in [-0.15, -0.1) is 0 Å². The molecule has 0 aliphatic carbocycles. The zero-order chi connectivity index (χ0) is 12.5. The summed E-state index contributed by atoms with van der Waals surface area (Å²) in [5.74, 6) is 1.71. The molecule has 0 amide bonds. The number of rotatable bonds is 0. The molecule has 2 fully saturated rings. The van der Waals surface area contributed by atoms with Crippen LogP contribution in [0.2, 0.25) is 0 Å². The Balaban J connectivity index is 0.000000111. The van der Waals surface area contributed by atoms with Crippen molar-refractivity contribution in [3.05, 3.63) is 23.7 Å². The third-order valence-electron chi connectivity index (χ3n) is 4.14. The highest BCUT2D eigenvalue weighted by molar-refractivity contribution is 5.24. The van der Waals surface area contributed by atoms with Crippen LogP contribution in [0, 0.1) is 11.8 Å². The molecule has 0 spiro atoms. The van der Waals surface area contributed by atoms with Crippen molar-refractivity contribution in [1.82, 2.24) is 9.80 Å². The predicted octanol–water partition coefficient (Wildman–Crippen LogP) is 1.42. The minimum atomic E-state index is 0.856. The first-order valence-electron chi connectivity index (χ1n) is 6.71. The lowest BCUT2D eigenvalue weighted by atomic mass is 10.0. The van der Waals surface area contributed by atoms with Gasteiger partial charge in [0.15, 0.2) is 0 Å². The number of nitrogens with zero attached hydrogens (tertiary/aromatic N) is 2. The number of ether oxygens (including phenoxy) is 1. The first kappa shape index (κ1) is 12.2. The predicted molar refractivity (Wildman–Crippen MR) is 69.2 cm³/mol. The van der Waals surface area contributed by atoms with Gasteiger partial charge in [0.25, 0.3) is 0 Å². The summed E-state index contributed by atoms with van der Waals surface area (Å²) in [6.07, 6.45) is 3.66. The number of hydrogen-bond donors (Lipinski definition) is 0. The molecule has 1 aromatic heterocycles. The molecule has 0 N–H and O–H groups in total. The smallest absolute Gasteiger partial charge is 0.0951 e. The van der Waals surface area contributed by atoms with Crippen LogP contribution in [0.15, 0.2) is 16.9 Å². The molecule has 4 heterocycles. The first-order chi connectivity index (χ1) is 8.72. The highest BCUT2D eigenvalue weighted by atomic mass is 16.5. The van der Waals surface area contributed by atoms with Crippen molar-refractivity contribution in [2.75, 3.05) is 40.4 Å². The van der Waals surface area contributed by atoms with Crippen LogP contribution in [0.4, 0.5) is 0 Å². The Morgan fingerprint density at radius 3 is 2.06 bits per heavy atom. The second kappa shape index (κ2) is 5.03. The maximum Gasteiger partial charge on any atom is 0.0951 e. The molecule has 4 heteroatoms. The topological polar surface area (TPSA) is 28.9 Å². The summed E-state index contributed by atoms with van der Waals surface area (Å²) < 4.78 is 10.3. The molecule has 0 aromatic carbocycles. The number of fused-ring (bicyclic) bond motifs is 2. The molecule has 3 aliphatic heterocycles. The van der Waals surface area contributed by atoms with E-state index in [9.17, 15) is 0 Å². The third-order valence-corrected chi connectivity index (χ3v) is 4.14. The van der Waals surface area contributed by atoms with E-state index in [1.165, 1.54) is 24.2 Å². The summed E-state index contributed by atoms with van der Waals surface area (Å²) in [5, 5.41) is 0. The van der Waals surface area contributed by atoms with Crippen LogP contribution < -0.4 is 0 Å². The lowest BCUT2D eigenvalue weighted by molar-refractivity contribution is 0.160. The van der Waals surface area contributed by atoms with Gasteiger partial charge < -0.3 is 14.1 Å². The maximum atomic E-state index is 5.33. The van der Waals surface area contributed by atoms with Gasteiger partial charge in [0.1, 0.15) is 0 Å². The summed E-state index contributed by atoms with van der Waals surface area (Å²) >= 11 is 0. The van der Waals surface area contributed by atoms with Crippen molar-refractivity contribution in [2.24, 2.45) is 11.8 Å². The average molecular weight is 250 g/mol. The zero-order valence-electron chi connectivity index (χ0n) is 11.3. The summed E-state index contributed by atoms with van der Waals surface area (Å²) in [7, 11) is 4.30. The zero-order valence-corrected chi connectivity index (χ0v) is 11.3. The Morgan fingerprint density at radius 2 is 1.50 bits per heavy atom. The summed E-state index contributed by atoms with van der Waals surface area (Å²) in [6.45, 7) is 6.62. The fraction of sp³-hybridized carbons (Fsp3) is 0.714. The van der Waals surface area contributed by atoms with Gasteiger partial charge in [-0.05, 0) is 14.1 Å². The molecule has 18 heavy (non-hydrogen) atoms. The Bertz CT molecular complexity index is 372. The van der Waals surface area contributed by atoms with E-state index < -0.39 is 0 Å². The van der Waals surface area contributed by atoms with Crippen molar-refractivity contribution < 1.29 is 9.15 Å². The van der Waals surface area contributed by atoms with Crippen molar-refractivity contribution >= 4 is 0 Å². The van der Waals surface area contributed by atoms with Crippen LogP contribution in [0.5, 0.6) is 0 Å². The van der Waals surface area contributed by atoms with Crippen LogP contribution in [0.1, 0.15) is 11.1 Å². The number of likely N-dealkylation sites (tertiary alicyclic amines) is 1. The van der Waals surface area contributed by atoms with Crippen molar-refractivity contribution in [3.63, 3.8) is 0 Å². The third kappa shape index (κ3) is 2.46. The number of furan rings is 1. The summed E-state index contributed by atoms with van der Waals surface area (Å²) in [5.41, 5.74) is 2.69. The van der Waals surface area contributed by atoms with Crippen LogP contribution in [-0.2, 0) is 17.8 Å². The van der Waals surface area contributed by atoms with Crippen LogP contribution in [0.25, 0.3) is 0 Å². The van der Waals surface area contributed by atoms with Gasteiger partial charge in [-0.1, -0.05) is 0 Å². The normalized spacial score (nSPS) is 31.0. The minimum absolute atomic E-state index is 0.856. The Labute approximate surface area is 108 Å². The van der Waals surface area contributed by atoms with Crippen molar-refractivity contribution in [1.29, 1.82) is 0 Å². The van der Waals surface area contributed by atoms with E-state index in [2.05, 4.69) is 23.9 Å². The van der Waals surface area contributed by atoms with E-state index in [0.29, 0.717) is 0 Å². The SMILES string of the molecule is CN1CC2COCC2C1.CN1Cc2cocc2C1. The monoisotopic (exact) mass is 250 g/mol. The molecule has 2 atom stereocenters. The Hall–Kier alpha value is -0.840. The van der Waals surface area contributed by atoms with Gasteiger partial charge in [0.05, 0.1) is 25.7 Å². The Morgan fingerprint density at radius 1 is 0.944 bits per heavy atom. The first-order valence-corrected chi connectivity index (χ1v) is 6.71. The minimum Gasteiger partial charge on any atom is -0.472 e. The van der Waals surface area contributed by atoms with Gasteiger partial charge in [0.2, 0.25) is 0 Å². The molecule has 0 radical (unpaired) electrons. The van der Waals surface area contributed by atoms with E-state index in [-0.39, 0.29) is 0 Å². The molecule has 3 aliphatic rings. The van der Waals surface area contributed by atoms with E-state index in [1.807, 2.05) is 12.5 Å². The van der Waals surface area contributed by atoms with E-state index in [0.717, 1.165) is 38.1 Å². The molecule has 4 nitrogen and oxygen atoms in total. The largest absolute Gasteiger partial charge is 0.472 e. The van der Waals surface area contributed by atoms with Crippen LogP contribution in [0.3, 0.4) is 0 Å². The molecular weight excluding hydrogens is 228 g/mol. The fourth-order valence-electron chi connectivity index (χ4n) is 3.19. The molecule has 4 rings (SSSR count). The van der Waals surface area contributed by atoms with Gasteiger partial charge in [-0.3, -0.25) is 4.90 Å². The molecule has 2 saturated heterocycles. The molecule has 100 valence electrons. The molecule has 2 unspecified atom stereocenters. The van der Waals surface area contributed by atoms with E-state index >= 15 is 0 Å². The highest BCUT2D eigenvalue weighted by Gasteiger charge is 2.35. The van der Waals surface area contributed by atoms with E-state index in [4.69, 9.17) is 9.15 Å². The summed E-state index contributed by atoms with van der Waals surface area (Å²) in [6, 6.07) is 0. The second-order valence-corrected chi connectivity index (χ2v) is 5.87. The second-order valence-electron chi connectivity index (χ2n) is 5.87. The van der Waals surface area contributed by atoms with Crippen LogP contribution in [-0.4, -0.2) is 50.2 Å². The van der Waals surface area contributed by atoms with Gasteiger partial charge in [-0.2, -0.15) is 0 Å². The molecular formula is C14H22N2O2. The summed E-state index contributed by atoms with van der Waals surface area (Å²) in [4.78, 5) is 4.66. The molecule has 0 bridgehead atoms. The van der Waals surface area contributed by atoms with Crippen molar-refractivity contribution in [3.8, 4) is 0 Å². The van der Waals surface area contributed by atoms with Crippen LogP contribution >= 0.6 is 0 Å². The Kier molecular flexibility index (Phi) is 3.41. The highest BCUT2D eigenvalue weighted by Crippen LogP contribution is 2.27. The lowest BCUT2D eigenvalue weighted by Gasteiger charge is -2.07. The van der Waals surface area contributed by atoms with E-state index in [1.54, 1.807) is 0 Å². The van der Waals surface area contributed by atoms with Gasteiger partial charge in [-0.25, -0.2) is 0 Å².